The summed E-state index contributed by atoms with van der Waals surface area (Å²) in [4.78, 5) is 2.50. The standard InChI is InChI=1S/C27H39NO2/c1-20(2)23-10-13-26(30-17-16-28-14-6-7-15-28)24(19-23)18-21(3)22-8-11-25(12-9-22)27(4,5)29/h8-13,19-21,29H,6-7,14-18H2,1-5H3. The molecule has 1 fully saturated rings. The molecule has 0 radical (unpaired) electrons. The summed E-state index contributed by atoms with van der Waals surface area (Å²) in [5.74, 6) is 1.91. The van der Waals surface area contributed by atoms with Gasteiger partial charge >= 0.3 is 0 Å². The van der Waals surface area contributed by atoms with Crippen LogP contribution in [0.3, 0.4) is 0 Å². The van der Waals surface area contributed by atoms with E-state index in [2.05, 4.69) is 56.0 Å². The van der Waals surface area contributed by atoms with Crippen molar-refractivity contribution in [1.82, 2.24) is 4.90 Å². The first-order valence-corrected chi connectivity index (χ1v) is 11.5. The second kappa shape index (κ2) is 9.98. The van der Waals surface area contributed by atoms with Gasteiger partial charge in [-0.15, -0.1) is 0 Å². The van der Waals surface area contributed by atoms with E-state index < -0.39 is 5.60 Å². The van der Waals surface area contributed by atoms with E-state index in [1.165, 1.54) is 42.6 Å². The van der Waals surface area contributed by atoms with E-state index in [1.807, 2.05) is 26.0 Å². The highest BCUT2D eigenvalue weighted by molar-refractivity contribution is 5.40. The second-order valence-corrected chi connectivity index (χ2v) is 9.71. The summed E-state index contributed by atoms with van der Waals surface area (Å²) in [6.07, 6.45) is 3.58. The average molecular weight is 410 g/mol. The fourth-order valence-electron chi connectivity index (χ4n) is 4.22. The summed E-state index contributed by atoms with van der Waals surface area (Å²) in [6.45, 7) is 14.6. The van der Waals surface area contributed by atoms with Gasteiger partial charge in [-0.05, 0) is 86.4 Å². The number of hydrogen-bond donors (Lipinski definition) is 1. The van der Waals surface area contributed by atoms with Gasteiger partial charge in [-0.3, -0.25) is 4.90 Å². The Balaban J connectivity index is 1.72. The van der Waals surface area contributed by atoms with Crippen molar-refractivity contribution in [1.29, 1.82) is 0 Å². The molecule has 3 rings (SSSR count). The molecule has 2 aromatic carbocycles. The lowest BCUT2D eigenvalue weighted by Gasteiger charge is -2.21. The van der Waals surface area contributed by atoms with Gasteiger partial charge in [0.15, 0.2) is 0 Å². The van der Waals surface area contributed by atoms with Crippen molar-refractivity contribution >= 4 is 0 Å². The topological polar surface area (TPSA) is 32.7 Å². The number of rotatable bonds is 9. The van der Waals surface area contributed by atoms with Crippen LogP contribution in [0.4, 0.5) is 0 Å². The number of benzene rings is 2. The molecule has 1 unspecified atom stereocenters. The van der Waals surface area contributed by atoms with Gasteiger partial charge in [0.2, 0.25) is 0 Å². The van der Waals surface area contributed by atoms with Gasteiger partial charge in [-0.1, -0.05) is 57.2 Å². The van der Waals surface area contributed by atoms with Gasteiger partial charge in [0.1, 0.15) is 12.4 Å². The highest BCUT2D eigenvalue weighted by Gasteiger charge is 2.18. The molecule has 3 heteroatoms. The normalized spacial score (nSPS) is 16.2. The van der Waals surface area contributed by atoms with E-state index in [0.717, 1.165) is 30.9 Å². The Hall–Kier alpha value is -1.84. The van der Waals surface area contributed by atoms with Gasteiger partial charge in [-0.2, -0.15) is 0 Å². The van der Waals surface area contributed by atoms with Crippen LogP contribution in [0.5, 0.6) is 5.75 Å². The van der Waals surface area contributed by atoms with Crippen molar-refractivity contribution in [2.24, 2.45) is 0 Å². The molecule has 164 valence electrons. The summed E-state index contributed by atoms with van der Waals surface area (Å²) in [6, 6.07) is 15.1. The average Bonchev–Trinajstić information content (AvgIpc) is 3.22. The van der Waals surface area contributed by atoms with Crippen molar-refractivity contribution < 1.29 is 9.84 Å². The predicted octanol–water partition coefficient (Wildman–Crippen LogP) is 5.86. The highest BCUT2D eigenvalue weighted by Crippen LogP contribution is 2.31. The molecule has 1 N–H and O–H groups in total. The van der Waals surface area contributed by atoms with E-state index in [9.17, 15) is 5.11 Å². The molecule has 1 aliphatic rings. The van der Waals surface area contributed by atoms with Gasteiger partial charge in [0, 0.05) is 6.54 Å². The maximum Gasteiger partial charge on any atom is 0.122 e. The third kappa shape index (κ3) is 6.09. The summed E-state index contributed by atoms with van der Waals surface area (Å²) >= 11 is 0. The van der Waals surface area contributed by atoms with E-state index in [0.29, 0.717) is 11.8 Å². The molecule has 0 aliphatic carbocycles. The molecule has 1 atom stereocenters. The number of hydrogen-bond acceptors (Lipinski definition) is 3. The van der Waals surface area contributed by atoms with Crippen LogP contribution < -0.4 is 4.74 Å². The molecule has 0 aromatic heterocycles. The Labute approximate surface area is 183 Å². The third-order valence-electron chi connectivity index (χ3n) is 6.33. The number of aliphatic hydroxyl groups is 1. The van der Waals surface area contributed by atoms with Gasteiger partial charge in [0.25, 0.3) is 0 Å². The SMILES string of the molecule is CC(C)c1ccc(OCCN2CCCC2)c(CC(C)c2ccc(C(C)(C)O)cc2)c1. The fourth-order valence-corrected chi connectivity index (χ4v) is 4.22. The van der Waals surface area contributed by atoms with Gasteiger partial charge in [0.05, 0.1) is 5.60 Å². The fraction of sp³-hybridized carbons (Fsp3) is 0.556. The van der Waals surface area contributed by atoms with Gasteiger partial charge in [-0.25, -0.2) is 0 Å². The zero-order valence-corrected chi connectivity index (χ0v) is 19.4. The van der Waals surface area contributed by atoms with Crippen LogP contribution in [0.1, 0.15) is 81.5 Å². The maximum absolute atomic E-state index is 10.2. The lowest BCUT2D eigenvalue weighted by Crippen LogP contribution is -2.25. The Kier molecular flexibility index (Phi) is 7.60. The summed E-state index contributed by atoms with van der Waals surface area (Å²) < 4.78 is 6.26. The molecular weight excluding hydrogens is 370 g/mol. The highest BCUT2D eigenvalue weighted by atomic mass is 16.5. The minimum absolute atomic E-state index is 0.379. The Bertz CT molecular complexity index is 799. The monoisotopic (exact) mass is 409 g/mol. The van der Waals surface area contributed by atoms with Gasteiger partial charge < -0.3 is 9.84 Å². The molecule has 30 heavy (non-hydrogen) atoms. The van der Waals surface area contributed by atoms with Crippen LogP contribution >= 0.6 is 0 Å². The molecule has 0 bridgehead atoms. The van der Waals surface area contributed by atoms with Crippen molar-refractivity contribution in [3.63, 3.8) is 0 Å². The Morgan fingerprint density at radius 3 is 2.20 bits per heavy atom. The molecule has 2 aromatic rings. The molecule has 0 spiro atoms. The first-order valence-electron chi connectivity index (χ1n) is 11.5. The number of ether oxygens (including phenoxy) is 1. The molecule has 1 aliphatic heterocycles. The van der Waals surface area contributed by atoms with E-state index in [4.69, 9.17) is 4.74 Å². The van der Waals surface area contributed by atoms with Crippen molar-refractivity contribution in [2.75, 3.05) is 26.2 Å². The molecule has 3 nitrogen and oxygen atoms in total. The maximum atomic E-state index is 10.2. The van der Waals surface area contributed by atoms with Crippen LogP contribution in [0.25, 0.3) is 0 Å². The smallest absolute Gasteiger partial charge is 0.122 e. The quantitative estimate of drug-likeness (QED) is 0.563. The zero-order chi connectivity index (χ0) is 21.7. The lowest BCUT2D eigenvalue weighted by molar-refractivity contribution is 0.0786. The van der Waals surface area contributed by atoms with Crippen LogP contribution in [0, 0.1) is 0 Å². The number of likely N-dealkylation sites (tertiary alicyclic amines) is 1. The van der Waals surface area contributed by atoms with Crippen LogP contribution in [-0.2, 0) is 12.0 Å². The predicted molar refractivity (Wildman–Crippen MR) is 126 cm³/mol. The largest absolute Gasteiger partial charge is 0.492 e. The van der Waals surface area contributed by atoms with E-state index >= 15 is 0 Å². The molecule has 0 amide bonds. The Morgan fingerprint density at radius 2 is 1.60 bits per heavy atom. The minimum Gasteiger partial charge on any atom is -0.492 e. The van der Waals surface area contributed by atoms with Crippen LogP contribution in [0.15, 0.2) is 42.5 Å². The molecule has 1 heterocycles. The van der Waals surface area contributed by atoms with Crippen molar-refractivity contribution in [3.05, 3.63) is 64.7 Å². The lowest BCUT2D eigenvalue weighted by atomic mass is 9.89. The van der Waals surface area contributed by atoms with Crippen molar-refractivity contribution in [2.45, 2.75) is 71.3 Å². The molecular formula is C27H39NO2. The van der Waals surface area contributed by atoms with Crippen LogP contribution in [-0.4, -0.2) is 36.2 Å². The number of nitrogens with zero attached hydrogens (tertiary/aromatic N) is 1. The molecule has 0 saturated carbocycles. The first-order chi connectivity index (χ1) is 14.2. The van der Waals surface area contributed by atoms with Crippen LogP contribution in [0.2, 0.25) is 0 Å². The van der Waals surface area contributed by atoms with Crippen molar-refractivity contribution in [3.8, 4) is 5.75 Å². The van der Waals surface area contributed by atoms with E-state index in [-0.39, 0.29) is 0 Å². The second-order valence-electron chi connectivity index (χ2n) is 9.71. The minimum atomic E-state index is -0.802. The first kappa shape index (κ1) is 22.8. The van der Waals surface area contributed by atoms with E-state index in [1.54, 1.807) is 0 Å². The Morgan fingerprint density at radius 1 is 0.967 bits per heavy atom. The summed E-state index contributed by atoms with van der Waals surface area (Å²) in [5.41, 5.74) is 4.10. The summed E-state index contributed by atoms with van der Waals surface area (Å²) in [7, 11) is 0. The zero-order valence-electron chi connectivity index (χ0n) is 19.4. The summed E-state index contributed by atoms with van der Waals surface area (Å²) in [5, 5.41) is 10.2. The molecule has 1 saturated heterocycles. The third-order valence-corrected chi connectivity index (χ3v) is 6.33.